The molecular weight excluding hydrogens is 422 g/mol. The van der Waals surface area contributed by atoms with Gasteiger partial charge in [-0.1, -0.05) is 48.5 Å². The molecule has 0 bridgehead atoms. The Morgan fingerprint density at radius 1 is 0.912 bits per heavy atom. The molecular formula is C27H31N7. The lowest BCUT2D eigenvalue weighted by molar-refractivity contribution is 0.565. The third-order valence-electron chi connectivity index (χ3n) is 6.31. The molecule has 3 heterocycles. The number of para-hydroxylation sites is 1. The molecule has 5 rings (SSSR count). The van der Waals surface area contributed by atoms with Crippen molar-refractivity contribution in [1.29, 1.82) is 0 Å². The Balaban J connectivity index is 1.33. The van der Waals surface area contributed by atoms with Gasteiger partial charge < -0.3 is 9.47 Å². The molecule has 0 aliphatic carbocycles. The zero-order chi connectivity index (χ0) is 23.2. The molecule has 7 heteroatoms. The van der Waals surface area contributed by atoms with Gasteiger partial charge in [-0.05, 0) is 43.7 Å². The fourth-order valence-corrected chi connectivity index (χ4v) is 4.54. The van der Waals surface area contributed by atoms with Gasteiger partial charge in [0.2, 0.25) is 11.9 Å². The topological polar surface area (TPSA) is 71.2 Å². The molecule has 2 aromatic carbocycles. The summed E-state index contributed by atoms with van der Waals surface area (Å²) in [6.07, 6.45) is 10.3. The first-order valence-electron chi connectivity index (χ1n) is 12.1. The zero-order valence-electron chi connectivity index (χ0n) is 19.7. The molecule has 0 radical (unpaired) electrons. The fraction of sp³-hybridized carbons (Fsp3) is 0.333. The van der Waals surface area contributed by atoms with Crippen molar-refractivity contribution in [2.45, 2.75) is 38.5 Å². The molecule has 1 saturated heterocycles. The third kappa shape index (κ3) is 5.25. The van der Waals surface area contributed by atoms with Gasteiger partial charge in [-0.15, -0.1) is 0 Å². The second kappa shape index (κ2) is 10.5. The third-order valence-corrected chi connectivity index (χ3v) is 6.31. The van der Waals surface area contributed by atoms with E-state index in [-0.39, 0.29) is 0 Å². The number of aromatic nitrogens is 4. The molecule has 4 aromatic rings. The molecule has 7 nitrogen and oxygen atoms in total. The highest BCUT2D eigenvalue weighted by atomic mass is 15.4. The van der Waals surface area contributed by atoms with Crippen molar-refractivity contribution in [3.05, 3.63) is 77.7 Å². The van der Waals surface area contributed by atoms with E-state index in [0.29, 0.717) is 5.95 Å². The van der Waals surface area contributed by atoms with Gasteiger partial charge in [-0.25, -0.2) is 5.43 Å². The molecule has 1 N–H and O–H groups in total. The van der Waals surface area contributed by atoms with Gasteiger partial charge in [-0.3, -0.25) is 0 Å². The minimum absolute atomic E-state index is 0.502. The Hall–Kier alpha value is -3.74. The van der Waals surface area contributed by atoms with Crippen molar-refractivity contribution < 1.29 is 0 Å². The molecule has 1 aliphatic rings. The molecule has 0 unspecified atom stereocenters. The first-order valence-corrected chi connectivity index (χ1v) is 12.1. The number of piperidine rings is 1. The number of hydrogen-bond donors (Lipinski definition) is 1. The number of rotatable bonds is 8. The highest BCUT2D eigenvalue weighted by Crippen LogP contribution is 2.20. The standard InChI is InChI=1S/C27H31N7/c1-33-20-22(23-14-6-7-15-24(23)33)19-28-32-26-29-25(16-10-13-21-11-4-2-5-12-21)30-27(31-26)34-17-8-3-9-18-34/h2,4-7,11-12,14-15,19-20H,3,8-10,13,16-18H2,1H3,(H,29,30,31,32)/b28-19+. The monoisotopic (exact) mass is 453 g/mol. The maximum absolute atomic E-state index is 4.81. The summed E-state index contributed by atoms with van der Waals surface area (Å²) in [4.78, 5) is 16.5. The van der Waals surface area contributed by atoms with Crippen LogP contribution in [0.15, 0.2) is 65.9 Å². The van der Waals surface area contributed by atoms with Crippen LogP contribution in [0.5, 0.6) is 0 Å². The van der Waals surface area contributed by atoms with Crippen molar-refractivity contribution in [2.75, 3.05) is 23.4 Å². The van der Waals surface area contributed by atoms with Crippen LogP contribution in [0.1, 0.15) is 42.6 Å². The van der Waals surface area contributed by atoms with Crippen LogP contribution in [0.2, 0.25) is 0 Å². The number of anilines is 2. The average molecular weight is 454 g/mol. The van der Waals surface area contributed by atoms with E-state index in [9.17, 15) is 0 Å². The predicted molar refractivity (Wildman–Crippen MR) is 138 cm³/mol. The Morgan fingerprint density at radius 2 is 1.71 bits per heavy atom. The Labute approximate surface area is 200 Å². The first kappa shape index (κ1) is 22.1. The summed E-state index contributed by atoms with van der Waals surface area (Å²) < 4.78 is 2.11. The SMILES string of the molecule is Cn1cc(/C=N/Nc2nc(CCCc3ccccc3)nc(N3CCCCC3)n2)c2ccccc21. The number of nitrogens with one attached hydrogen (secondary N) is 1. The normalized spacial score (nSPS) is 14.2. The quantitative estimate of drug-likeness (QED) is 0.301. The van der Waals surface area contributed by atoms with Gasteiger partial charge >= 0.3 is 0 Å². The fourth-order valence-electron chi connectivity index (χ4n) is 4.54. The van der Waals surface area contributed by atoms with Crippen molar-refractivity contribution in [3.8, 4) is 0 Å². The minimum Gasteiger partial charge on any atom is -0.350 e. The number of hydrogen-bond acceptors (Lipinski definition) is 6. The molecule has 0 saturated carbocycles. The second-order valence-electron chi connectivity index (χ2n) is 8.84. The number of benzene rings is 2. The number of fused-ring (bicyclic) bond motifs is 1. The summed E-state index contributed by atoms with van der Waals surface area (Å²) in [7, 11) is 2.05. The van der Waals surface area contributed by atoms with Gasteiger partial charge in [0.25, 0.3) is 0 Å². The van der Waals surface area contributed by atoms with Crippen LogP contribution >= 0.6 is 0 Å². The van der Waals surface area contributed by atoms with E-state index in [1.807, 2.05) is 25.4 Å². The van der Waals surface area contributed by atoms with E-state index in [4.69, 9.17) is 9.97 Å². The van der Waals surface area contributed by atoms with E-state index in [1.165, 1.54) is 35.7 Å². The van der Waals surface area contributed by atoms with Crippen LogP contribution in [0.25, 0.3) is 10.9 Å². The van der Waals surface area contributed by atoms with Crippen molar-refractivity contribution in [3.63, 3.8) is 0 Å². The van der Waals surface area contributed by atoms with Crippen LogP contribution < -0.4 is 10.3 Å². The summed E-state index contributed by atoms with van der Waals surface area (Å²) in [5.41, 5.74) is 6.64. The molecule has 1 fully saturated rings. The zero-order valence-corrected chi connectivity index (χ0v) is 19.7. The Bertz CT molecular complexity index is 1260. The molecule has 0 spiro atoms. The lowest BCUT2D eigenvalue weighted by Crippen LogP contribution is -2.31. The molecule has 2 aromatic heterocycles. The van der Waals surface area contributed by atoms with Crippen LogP contribution in [-0.2, 0) is 19.9 Å². The Morgan fingerprint density at radius 3 is 2.56 bits per heavy atom. The van der Waals surface area contributed by atoms with Crippen molar-refractivity contribution in [2.24, 2.45) is 12.1 Å². The highest BCUT2D eigenvalue weighted by molar-refractivity contribution is 5.99. The first-order chi connectivity index (χ1) is 16.8. The van der Waals surface area contributed by atoms with Gasteiger partial charge in [-0.2, -0.15) is 20.1 Å². The number of nitrogens with zero attached hydrogens (tertiary/aromatic N) is 6. The molecule has 0 atom stereocenters. The lowest BCUT2D eigenvalue weighted by atomic mass is 10.1. The average Bonchev–Trinajstić information content (AvgIpc) is 3.21. The summed E-state index contributed by atoms with van der Waals surface area (Å²) in [5.74, 6) is 2.07. The maximum atomic E-state index is 4.81. The largest absolute Gasteiger partial charge is 0.350 e. The number of hydrazone groups is 1. The van der Waals surface area contributed by atoms with E-state index in [2.05, 4.69) is 73.6 Å². The van der Waals surface area contributed by atoms with E-state index in [0.717, 1.165) is 49.7 Å². The van der Waals surface area contributed by atoms with Crippen LogP contribution in [0.3, 0.4) is 0 Å². The van der Waals surface area contributed by atoms with Crippen LogP contribution in [0, 0.1) is 0 Å². The van der Waals surface area contributed by atoms with Gasteiger partial charge in [0.1, 0.15) is 5.82 Å². The molecule has 1 aliphatic heterocycles. The number of aryl methyl sites for hydroxylation is 3. The lowest BCUT2D eigenvalue weighted by Gasteiger charge is -2.26. The minimum atomic E-state index is 0.502. The van der Waals surface area contributed by atoms with Gasteiger partial charge in [0.15, 0.2) is 0 Å². The van der Waals surface area contributed by atoms with Gasteiger partial charge in [0.05, 0.1) is 6.21 Å². The Kier molecular flexibility index (Phi) is 6.79. The van der Waals surface area contributed by atoms with E-state index < -0.39 is 0 Å². The molecule has 0 amide bonds. The summed E-state index contributed by atoms with van der Waals surface area (Å²) >= 11 is 0. The predicted octanol–water partition coefficient (Wildman–Crippen LogP) is 4.97. The summed E-state index contributed by atoms with van der Waals surface area (Å²) in [6.45, 7) is 1.98. The second-order valence-corrected chi connectivity index (χ2v) is 8.84. The van der Waals surface area contributed by atoms with Crippen molar-refractivity contribution >= 4 is 29.0 Å². The molecule has 174 valence electrons. The summed E-state index contributed by atoms with van der Waals surface area (Å²) in [5, 5.41) is 5.64. The smallest absolute Gasteiger partial charge is 0.248 e. The summed E-state index contributed by atoms with van der Waals surface area (Å²) in [6, 6.07) is 18.9. The van der Waals surface area contributed by atoms with E-state index in [1.54, 1.807) is 0 Å². The highest BCUT2D eigenvalue weighted by Gasteiger charge is 2.16. The van der Waals surface area contributed by atoms with Gasteiger partial charge in [0, 0.05) is 49.2 Å². The van der Waals surface area contributed by atoms with E-state index >= 15 is 0 Å². The molecule has 34 heavy (non-hydrogen) atoms. The maximum Gasteiger partial charge on any atom is 0.248 e. The van der Waals surface area contributed by atoms with Crippen molar-refractivity contribution in [1.82, 2.24) is 19.5 Å². The van der Waals surface area contributed by atoms with Crippen LogP contribution in [0.4, 0.5) is 11.9 Å². The van der Waals surface area contributed by atoms with Crippen LogP contribution in [-0.4, -0.2) is 38.8 Å².